The van der Waals surface area contributed by atoms with Crippen LogP contribution in [0, 0.1) is 0 Å². The van der Waals surface area contributed by atoms with Crippen molar-refractivity contribution in [2.24, 2.45) is 0 Å². The summed E-state index contributed by atoms with van der Waals surface area (Å²) in [6, 6.07) is 13.2. The Bertz CT molecular complexity index is 1220. The summed E-state index contributed by atoms with van der Waals surface area (Å²) < 4.78 is 30.4. The number of methoxy groups -OCH3 is 1. The van der Waals surface area contributed by atoms with Crippen LogP contribution in [0.5, 0.6) is 5.75 Å². The molecule has 1 heterocycles. The van der Waals surface area contributed by atoms with E-state index in [1.807, 2.05) is 31.2 Å². The van der Waals surface area contributed by atoms with Crippen LogP contribution in [-0.4, -0.2) is 37.2 Å². The molecular weight excluding hydrogens is 438 g/mol. The van der Waals surface area contributed by atoms with Crippen LogP contribution in [0.2, 0.25) is 0 Å². The normalized spacial score (nSPS) is 11.2. The van der Waals surface area contributed by atoms with E-state index in [9.17, 15) is 18.0 Å². The highest BCUT2D eigenvalue weighted by molar-refractivity contribution is 7.99. The number of aryl methyl sites for hydroxylation is 1. The monoisotopic (exact) mass is 459 g/mol. The molecule has 0 saturated carbocycles. The number of ether oxygens (including phenoxy) is 1. The lowest BCUT2D eigenvalue weighted by Gasteiger charge is -2.07. The van der Waals surface area contributed by atoms with E-state index in [1.54, 1.807) is 0 Å². The predicted octanol–water partition coefficient (Wildman–Crippen LogP) is 2.90. The van der Waals surface area contributed by atoms with Gasteiger partial charge >= 0.3 is 0 Å². The number of nitrogens with one attached hydrogen (secondary N) is 2. The zero-order valence-corrected chi connectivity index (χ0v) is 18.5. The van der Waals surface area contributed by atoms with Gasteiger partial charge in [-0.1, -0.05) is 30.8 Å². The van der Waals surface area contributed by atoms with Crippen LogP contribution in [0.1, 0.15) is 12.5 Å². The third kappa shape index (κ3) is 5.53. The van der Waals surface area contributed by atoms with Gasteiger partial charge in [0.15, 0.2) is 10.1 Å². The summed E-state index contributed by atoms with van der Waals surface area (Å²) in [6.07, 6.45) is 1.91. The fraction of sp³-hybridized carbons (Fsp3) is 0.190. The van der Waals surface area contributed by atoms with Crippen molar-refractivity contribution in [3.8, 4) is 5.75 Å². The van der Waals surface area contributed by atoms with Gasteiger partial charge < -0.3 is 15.0 Å². The summed E-state index contributed by atoms with van der Waals surface area (Å²) in [5, 5.41) is 2.91. The molecule has 2 N–H and O–H groups in total. The van der Waals surface area contributed by atoms with Crippen molar-refractivity contribution >= 4 is 33.2 Å². The molecule has 3 aromatic rings. The van der Waals surface area contributed by atoms with E-state index in [0.29, 0.717) is 11.4 Å². The number of amides is 1. The molecule has 1 amide bonds. The van der Waals surface area contributed by atoms with E-state index < -0.39 is 20.3 Å². The average molecular weight is 460 g/mol. The zero-order valence-electron chi connectivity index (χ0n) is 16.9. The molecule has 31 heavy (non-hydrogen) atoms. The first kappa shape index (κ1) is 22.6. The van der Waals surface area contributed by atoms with Crippen LogP contribution in [0.15, 0.2) is 74.5 Å². The number of nitrogens with zero attached hydrogens (tertiary/aromatic N) is 1. The number of carbonyl (C=O) groups excluding carboxylic acids is 1. The van der Waals surface area contributed by atoms with Crippen molar-refractivity contribution in [2.75, 3.05) is 18.2 Å². The number of carbonyl (C=O) groups is 1. The van der Waals surface area contributed by atoms with E-state index in [2.05, 4.69) is 15.3 Å². The number of aromatic amines is 1. The highest BCUT2D eigenvalue weighted by Crippen LogP contribution is 2.21. The molecule has 0 fully saturated rings. The molecule has 0 unspecified atom stereocenters. The number of thioether (sulfide) groups is 1. The molecule has 1 aromatic heterocycles. The van der Waals surface area contributed by atoms with Crippen molar-refractivity contribution in [1.82, 2.24) is 9.97 Å². The van der Waals surface area contributed by atoms with Crippen LogP contribution in [0.3, 0.4) is 0 Å². The maximum Gasteiger partial charge on any atom is 0.270 e. The Kier molecular flexibility index (Phi) is 7.13. The third-order valence-corrected chi connectivity index (χ3v) is 7.04. The van der Waals surface area contributed by atoms with E-state index in [4.69, 9.17) is 4.74 Å². The van der Waals surface area contributed by atoms with Gasteiger partial charge in [-0.05, 0) is 48.4 Å². The van der Waals surface area contributed by atoms with E-state index in [1.165, 1.54) is 36.9 Å². The van der Waals surface area contributed by atoms with E-state index in [-0.39, 0.29) is 21.7 Å². The van der Waals surface area contributed by atoms with Crippen molar-refractivity contribution < 1.29 is 17.9 Å². The lowest BCUT2D eigenvalue weighted by molar-refractivity contribution is -0.113. The number of hydrogen-bond acceptors (Lipinski definition) is 7. The largest absolute Gasteiger partial charge is 0.497 e. The van der Waals surface area contributed by atoms with Crippen molar-refractivity contribution in [2.45, 2.75) is 28.3 Å². The summed E-state index contributed by atoms with van der Waals surface area (Å²) in [4.78, 5) is 30.4. The van der Waals surface area contributed by atoms with Crippen molar-refractivity contribution in [1.29, 1.82) is 0 Å². The molecule has 0 aliphatic rings. The van der Waals surface area contributed by atoms with Gasteiger partial charge in [-0.15, -0.1) is 0 Å². The quantitative estimate of drug-likeness (QED) is 0.393. The maximum absolute atomic E-state index is 12.7. The van der Waals surface area contributed by atoms with Crippen LogP contribution < -0.4 is 15.6 Å². The second kappa shape index (κ2) is 9.80. The van der Waals surface area contributed by atoms with Gasteiger partial charge in [0, 0.05) is 5.69 Å². The first-order valence-corrected chi connectivity index (χ1v) is 11.8. The maximum atomic E-state index is 12.7. The van der Waals surface area contributed by atoms with Gasteiger partial charge in [0.1, 0.15) is 5.75 Å². The second-order valence-electron chi connectivity index (χ2n) is 6.45. The summed E-state index contributed by atoms with van der Waals surface area (Å²) in [6.45, 7) is 2.05. The highest BCUT2D eigenvalue weighted by atomic mass is 32.2. The molecule has 0 aliphatic heterocycles. The molecule has 0 aliphatic carbocycles. The van der Waals surface area contributed by atoms with Crippen molar-refractivity contribution in [3.05, 3.63) is 70.6 Å². The Balaban J connectivity index is 1.67. The smallest absolute Gasteiger partial charge is 0.270 e. The summed E-state index contributed by atoms with van der Waals surface area (Å²) >= 11 is 1.000. The van der Waals surface area contributed by atoms with Gasteiger partial charge in [0.05, 0.1) is 24.0 Å². The molecule has 2 aromatic carbocycles. The number of rotatable bonds is 8. The molecular formula is C21H21N3O5S2. The standard InChI is InChI=1S/C21H21N3O5S2/c1-3-14-4-6-15(7-5-14)23-19(25)13-30-21-22-12-18(20(26)24-21)31(27,28)17-10-8-16(29-2)9-11-17/h4-12H,3,13H2,1-2H3,(H,23,25)(H,22,24,26). The first-order valence-electron chi connectivity index (χ1n) is 9.33. The third-order valence-electron chi connectivity index (χ3n) is 4.39. The minimum Gasteiger partial charge on any atom is -0.497 e. The molecule has 8 nitrogen and oxygen atoms in total. The van der Waals surface area contributed by atoms with Crippen LogP contribution in [0.4, 0.5) is 5.69 Å². The Morgan fingerprint density at radius 3 is 2.39 bits per heavy atom. The van der Waals surface area contributed by atoms with Crippen LogP contribution in [0.25, 0.3) is 0 Å². The van der Waals surface area contributed by atoms with E-state index in [0.717, 1.165) is 24.4 Å². The molecule has 0 bridgehead atoms. The molecule has 0 spiro atoms. The molecule has 162 valence electrons. The molecule has 0 atom stereocenters. The minimum atomic E-state index is -4.04. The van der Waals surface area contributed by atoms with Gasteiger partial charge in [-0.3, -0.25) is 9.59 Å². The Morgan fingerprint density at radius 1 is 1.13 bits per heavy atom. The lowest BCUT2D eigenvalue weighted by atomic mass is 10.1. The zero-order chi connectivity index (χ0) is 22.4. The fourth-order valence-electron chi connectivity index (χ4n) is 2.67. The summed E-state index contributed by atoms with van der Waals surface area (Å²) in [5.74, 6) is 0.229. The molecule has 10 heteroatoms. The molecule has 3 rings (SSSR count). The highest BCUT2D eigenvalue weighted by Gasteiger charge is 2.22. The number of benzene rings is 2. The van der Waals surface area contributed by atoms with Gasteiger partial charge in [0.25, 0.3) is 5.56 Å². The number of aromatic nitrogens is 2. The number of hydrogen-bond donors (Lipinski definition) is 2. The lowest BCUT2D eigenvalue weighted by Crippen LogP contribution is -2.20. The fourth-order valence-corrected chi connectivity index (χ4v) is 4.54. The van der Waals surface area contributed by atoms with Gasteiger partial charge in [-0.25, -0.2) is 13.4 Å². The summed E-state index contributed by atoms with van der Waals surface area (Å²) in [7, 11) is -2.57. The average Bonchev–Trinajstić information content (AvgIpc) is 2.78. The topological polar surface area (TPSA) is 118 Å². The number of anilines is 1. The second-order valence-corrected chi connectivity index (χ2v) is 9.33. The van der Waals surface area contributed by atoms with Crippen LogP contribution in [-0.2, 0) is 21.1 Å². The SMILES string of the molecule is CCc1ccc(NC(=O)CSc2ncc(S(=O)(=O)c3ccc(OC)cc3)c(=O)[nH]2)cc1. The number of sulfone groups is 1. The predicted molar refractivity (Wildman–Crippen MR) is 118 cm³/mol. The Hall–Kier alpha value is -3.11. The summed E-state index contributed by atoms with van der Waals surface area (Å²) in [5.41, 5.74) is 1.04. The Morgan fingerprint density at radius 2 is 1.81 bits per heavy atom. The van der Waals surface area contributed by atoms with Gasteiger partial charge in [-0.2, -0.15) is 0 Å². The minimum absolute atomic E-state index is 0.00302. The van der Waals surface area contributed by atoms with E-state index >= 15 is 0 Å². The number of H-pyrrole nitrogens is 1. The van der Waals surface area contributed by atoms with Gasteiger partial charge in [0.2, 0.25) is 15.7 Å². The molecule has 0 saturated heterocycles. The van der Waals surface area contributed by atoms with Crippen LogP contribution >= 0.6 is 11.8 Å². The first-order chi connectivity index (χ1) is 14.8. The molecule has 0 radical (unpaired) electrons. The van der Waals surface area contributed by atoms with Crippen molar-refractivity contribution in [3.63, 3.8) is 0 Å². The Labute approximate surface area is 184 Å².